The third-order valence-electron chi connectivity index (χ3n) is 2.75. The Hall–Kier alpha value is -1.36. The van der Waals surface area contributed by atoms with E-state index in [2.05, 4.69) is 34.0 Å². The molecule has 0 aliphatic carbocycles. The van der Waals surface area contributed by atoms with Crippen LogP contribution in [0.3, 0.4) is 0 Å². The topological polar surface area (TPSA) is 61.0 Å². The number of aromatic nitrogens is 2. The van der Waals surface area contributed by atoms with Crippen LogP contribution in [-0.2, 0) is 6.42 Å². The van der Waals surface area contributed by atoms with Crippen LogP contribution in [-0.4, -0.2) is 41.0 Å². The number of likely N-dealkylation sites (N-methyl/N-ethyl adjacent to an activating group) is 1. The first-order chi connectivity index (χ1) is 8.19. The molecule has 0 aromatic carbocycles. The summed E-state index contributed by atoms with van der Waals surface area (Å²) in [6.07, 6.45) is 0.737. The van der Waals surface area contributed by atoms with Gasteiger partial charge in [0.25, 0.3) is 5.56 Å². The molecule has 0 atom stereocenters. The van der Waals surface area contributed by atoms with Crippen molar-refractivity contribution in [1.82, 2.24) is 14.9 Å². The Balaban J connectivity index is 2.51. The predicted octanol–water partition coefficient (Wildman–Crippen LogP) is 1.09. The molecule has 0 unspecified atom stereocenters. The van der Waals surface area contributed by atoms with E-state index in [1.807, 2.05) is 6.92 Å². The number of nitrogens with one attached hydrogen (secondary N) is 2. The maximum absolute atomic E-state index is 11.3. The molecule has 17 heavy (non-hydrogen) atoms. The highest BCUT2D eigenvalue weighted by Crippen LogP contribution is 1.99. The van der Waals surface area contributed by atoms with Crippen LogP contribution in [0.15, 0.2) is 10.9 Å². The fourth-order valence-electron chi connectivity index (χ4n) is 1.65. The van der Waals surface area contributed by atoms with E-state index in [0.29, 0.717) is 5.82 Å². The molecule has 1 rings (SSSR count). The molecule has 96 valence electrons. The van der Waals surface area contributed by atoms with Crippen molar-refractivity contribution in [3.05, 3.63) is 22.2 Å². The summed E-state index contributed by atoms with van der Waals surface area (Å²) in [6, 6.07) is 1.50. The molecule has 0 fully saturated rings. The lowest BCUT2D eigenvalue weighted by molar-refractivity contribution is 0.316. The second-order valence-corrected chi connectivity index (χ2v) is 3.88. The average Bonchev–Trinajstić information content (AvgIpc) is 2.34. The van der Waals surface area contributed by atoms with E-state index >= 15 is 0 Å². The van der Waals surface area contributed by atoms with E-state index in [1.54, 1.807) is 0 Å². The van der Waals surface area contributed by atoms with Crippen LogP contribution in [0.4, 0.5) is 5.82 Å². The Labute approximate surface area is 102 Å². The van der Waals surface area contributed by atoms with Crippen LogP contribution in [0.2, 0.25) is 0 Å². The summed E-state index contributed by atoms with van der Waals surface area (Å²) in [5.41, 5.74) is -0.0952. The van der Waals surface area contributed by atoms with Crippen molar-refractivity contribution in [3.63, 3.8) is 0 Å². The summed E-state index contributed by atoms with van der Waals surface area (Å²) in [5.74, 6) is 1.39. The molecule has 0 amide bonds. The van der Waals surface area contributed by atoms with Crippen LogP contribution in [0, 0.1) is 0 Å². The maximum atomic E-state index is 11.3. The molecular formula is C12H22N4O. The van der Waals surface area contributed by atoms with Gasteiger partial charge >= 0.3 is 0 Å². The fraction of sp³-hybridized carbons (Fsp3) is 0.667. The standard InChI is InChI=1S/C12H22N4O/c1-4-10-14-11(9-12(17)15-10)13-7-8-16(5-2)6-3/h9H,4-8H2,1-3H3,(H2,13,14,15,17). The summed E-state index contributed by atoms with van der Waals surface area (Å²) in [7, 11) is 0. The van der Waals surface area contributed by atoms with Gasteiger partial charge in [0, 0.05) is 25.6 Å². The van der Waals surface area contributed by atoms with E-state index in [-0.39, 0.29) is 5.56 Å². The monoisotopic (exact) mass is 238 g/mol. The lowest BCUT2D eigenvalue weighted by Gasteiger charge is -2.18. The molecule has 1 heterocycles. The molecule has 2 N–H and O–H groups in total. The highest BCUT2D eigenvalue weighted by Gasteiger charge is 2.01. The maximum Gasteiger partial charge on any atom is 0.252 e. The first-order valence-electron chi connectivity index (χ1n) is 6.26. The van der Waals surface area contributed by atoms with Crippen molar-refractivity contribution >= 4 is 5.82 Å². The Morgan fingerprint density at radius 3 is 2.65 bits per heavy atom. The summed E-state index contributed by atoms with van der Waals surface area (Å²) in [4.78, 5) is 20.7. The van der Waals surface area contributed by atoms with Crippen LogP contribution in [0.1, 0.15) is 26.6 Å². The van der Waals surface area contributed by atoms with Crippen molar-refractivity contribution in [3.8, 4) is 0 Å². The van der Waals surface area contributed by atoms with Crippen molar-refractivity contribution in [2.75, 3.05) is 31.5 Å². The van der Waals surface area contributed by atoms with Gasteiger partial charge in [-0.1, -0.05) is 20.8 Å². The second kappa shape index (κ2) is 7.06. The van der Waals surface area contributed by atoms with Gasteiger partial charge in [0.15, 0.2) is 0 Å². The Morgan fingerprint density at radius 1 is 1.35 bits per heavy atom. The first-order valence-corrected chi connectivity index (χ1v) is 6.26. The summed E-state index contributed by atoms with van der Waals surface area (Å²) in [5, 5.41) is 3.19. The first kappa shape index (κ1) is 13.7. The largest absolute Gasteiger partial charge is 0.369 e. The van der Waals surface area contributed by atoms with Gasteiger partial charge in [0.2, 0.25) is 0 Å². The third kappa shape index (κ3) is 4.56. The van der Waals surface area contributed by atoms with Crippen LogP contribution < -0.4 is 10.9 Å². The minimum Gasteiger partial charge on any atom is -0.369 e. The van der Waals surface area contributed by atoms with Gasteiger partial charge in [0.05, 0.1) is 0 Å². The van der Waals surface area contributed by atoms with E-state index < -0.39 is 0 Å². The van der Waals surface area contributed by atoms with Gasteiger partial charge in [-0.15, -0.1) is 0 Å². The van der Waals surface area contributed by atoms with E-state index in [9.17, 15) is 4.79 Å². The van der Waals surface area contributed by atoms with E-state index in [1.165, 1.54) is 6.07 Å². The van der Waals surface area contributed by atoms with Gasteiger partial charge < -0.3 is 15.2 Å². The average molecular weight is 238 g/mol. The van der Waals surface area contributed by atoms with E-state index in [0.717, 1.165) is 38.4 Å². The van der Waals surface area contributed by atoms with E-state index in [4.69, 9.17) is 0 Å². The summed E-state index contributed by atoms with van der Waals surface area (Å²) < 4.78 is 0. The molecule has 0 aliphatic heterocycles. The predicted molar refractivity (Wildman–Crippen MR) is 70.5 cm³/mol. The smallest absolute Gasteiger partial charge is 0.252 e. The lowest BCUT2D eigenvalue weighted by Crippen LogP contribution is -2.29. The van der Waals surface area contributed by atoms with Gasteiger partial charge in [-0.3, -0.25) is 4.79 Å². The van der Waals surface area contributed by atoms with Gasteiger partial charge in [-0.05, 0) is 13.1 Å². The molecule has 0 saturated carbocycles. The molecule has 0 bridgehead atoms. The molecule has 0 radical (unpaired) electrons. The number of nitrogens with zero attached hydrogens (tertiary/aromatic N) is 2. The zero-order valence-electron chi connectivity index (χ0n) is 10.9. The summed E-state index contributed by atoms with van der Waals surface area (Å²) in [6.45, 7) is 10.1. The van der Waals surface area contributed by atoms with Crippen molar-refractivity contribution in [2.24, 2.45) is 0 Å². The molecule has 0 saturated heterocycles. The molecule has 5 nitrogen and oxygen atoms in total. The highest BCUT2D eigenvalue weighted by atomic mass is 16.1. The summed E-state index contributed by atoms with van der Waals surface area (Å²) >= 11 is 0. The zero-order chi connectivity index (χ0) is 12.7. The second-order valence-electron chi connectivity index (χ2n) is 3.88. The van der Waals surface area contributed by atoms with Crippen molar-refractivity contribution in [2.45, 2.75) is 27.2 Å². The fourth-order valence-corrected chi connectivity index (χ4v) is 1.65. The Morgan fingerprint density at radius 2 is 2.06 bits per heavy atom. The van der Waals surface area contributed by atoms with Gasteiger partial charge in [-0.25, -0.2) is 4.98 Å². The number of H-pyrrole nitrogens is 1. The highest BCUT2D eigenvalue weighted by molar-refractivity contribution is 5.32. The van der Waals surface area contributed by atoms with Crippen LogP contribution in [0.25, 0.3) is 0 Å². The molecule has 5 heteroatoms. The Bertz CT molecular complexity index is 384. The quantitative estimate of drug-likeness (QED) is 0.746. The Kier molecular flexibility index (Phi) is 5.69. The third-order valence-corrected chi connectivity index (χ3v) is 2.75. The molecule has 0 spiro atoms. The number of hydrogen-bond acceptors (Lipinski definition) is 4. The molecular weight excluding hydrogens is 216 g/mol. The zero-order valence-corrected chi connectivity index (χ0v) is 10.9. The number of rotatable bonds is 7. The molecule has 0 aliphatic rings. The van der Waals surface area contributed by atoms with Gasteiger partial charge in [0.1, 0.15) is 11.6 Å². The number of anilines is 1. The van der Waals surface area contributed by atoms with Crippen molar-refractivity contribution in [1.29, 1.82) is 0 Å². The van der Waals surface area contributed by atoms with Crippen LogP contribution >= 0.6 is 0 Å². The molecule has 1 aromatic rings. The van der Waals surface area contributed by atoms with Crippen molar-refractivity contribution < 1.29 is 0 Å². The lowest BCUT2D eigenvalue weighted by atomic mass is 10.4. The minimum absolute atomic E-state index is 0.0952. The SMILES string of the molecule is CCc1nc(NCCN(CC)CC)cc(=O)[nH]1. The number of aromatic amines is 1. The normalized spacial score (nSPS) is 10.8. The van der Waals surface area contributed by atoms with Crippen LogP contribution in [0.5, 0.6) is 0 Å². The van der Waals surface area contributed by atoms with Gasteiger partial charge in [-0.2, -0.15) is 0 Å². The number of hydrogen-bond donors (Lipinski definition) is 2. The number of aryl methyl sites for hydroxylation is 1. The minimum atomic E-state index is -0.0952. The molecule has 1 aromatic heterocycles.